The van der Waals surface area contributed by atoms with E-state index in [1.54, 1.807) is 24.3 Å². The molecule has 21 heavy (non-hydrogen) atoms. The highest BCUT2D eigenvalue weighted by molar-refractivity contribution is 7.91. The molecular formula is C14H13Cl2NO3S. The minimum Gasteiger partial charge on any atom is -0.490 e. The SMILES string of the molecule is Nc1ccccc1OCCS(=O)(=O)c1cc(Cl)ccc1Cl. The summed E-state index contributed by atoms with van der Waals surface area (Å²) in [5.41, 5.74) is 6.17. The molecule has 0 amide bonds. The monoisotopic (exact) mass is 345 g/mol. The molecule has 0 spiro atoms. The van der Waals surface area contributed by atoms with Crippen molar-refractivity contribution in [3.8, 4) is 5.75 Å². The molecule has 0 aromatic heterocycles. The zero-order valence-electron chi connectivity index (χ0n) is 10.9. The minimum atomic E-state index is -3.58. The maximum absolute atomic E-state index is 12.2. The fourth-order valence-corrected chi connectivity index (χ4v) is 3.60. The van der Waals surface area contributed by atoms with Gasteiger partial charge in [0, 0.05) is 5.02 Å². The summed E-state index contributed by atoms with van der Waals surface area (Å²) in [4.78, 5) is 0.00120. The van der Waals surface area contributed by atoms with Crippen molar-refractivity contribution in [2.75, 3.05) is 18.1 Å². The highest BCUT2D eigenvalue weighted by atomic mass is 35.5. The normalized spacial score (nSPS) is 11.3. The quantitative estimate of drug-likeness (QED) is 0.842. The van der Waals surface area contributed by atoms with Crippen LogP contribution in [0.25, 0.3) is 0 Å². The number of para-hydroxylation sites is 2. The minimum absolute atomic E-state index is 0.00120. The Morgan fingerprint density at radius 3 is 2.52 bits per heavy atom. The van der Waals surface area contributed by atoms with Crippen molar-refractivity contribution in [1.29, 1.82) is 0 Å². The highest BCUT2D eigenvalue weighted by Gasteiger charge is 2.19. The summed E-state index contributed by atoms with van der Waals surface area (Å²) in [6, 6.07) is 11.2. The predicted octanol–water partition coefficient (Wildman–Crippen LogP) is 3.43. The number of hydrogen-bond acceptors (Lipinski definition) is 4. The Hall–Kier alpha value is -1.43. The van der Waals surface area contributed by atoms with Gasteiger partial charge < -0.3 is 10.5 Å². The number of sulfone groups is 1. The summed E-state index contributed by atoms with van der Waals surface area (Å²) in [6.07, 6.45) is 0. The van der Waals surface area contributed by atoms with E-state index in [9.17, 15) is 8.42 Å². The number of benzene rings is 2. The second kappa shape index (κ2) is 6.56. The topological polar surface area (TPSA) is 69.4 Å². The summed E-state index contributed by atoms with van der Waals surface area (Å²) in [5.74, 6) is 0.228. The summed E-state index contributed by atoms with van der Waals surface area (Å²) < 4.78 is 29.8. The van der Waals surface area contributed by atoms with Crippen molar-refractivity contribution in [2.45, 2.75) is 4.90 Å². The first-order valence-corrected chi connectivity index (χ1v) is 8.46. The lowest BCUT2D eigenvalue weighted by molar-refractivity contribution is 0.342. The molecular weight excluding hydrogens is 333 g/mol. The molecule has 0 unspecified atom stereocenters. The molecule has 2 rings (SSSR count). The Morgan fingerprint density at radius 1 is 1.10 bits per heavy atom. The van der Waals surface area contributed by atoms with Gasteiger partial charge in [0.15, 0.2) is 9.84 Å². The van der Waals surface area contributed by atoms with Crippen LogP contribution in [0.4, 0.5) is 5.69 Å². The van der Waals surface area contributed by atoms with E-state index >= 15 is 0 Å². The van der Waals surface area contributed by atoms with Crippen LogP contribution in [-0.2, 0) is 9.84 Å². The van der Waals surface area contributed by atoms with E-state index < -0.39 is 9.84 Å². The van der Waals surface area contributed by atoms with Crippen LogP contribution in [0.5, 0.6) is 5.75 Å². The molecule has 0 aliphatic rings. The first kappa shape index (κ1) is 15.9. The molecule has 0 aliphatic carbocycles. The van der Waals surface area contributed by atoms with Gasteiger partial charge in [0.25, 0.3) is 0 Å². The number of nitrogens with two attached hydrogens (primary N) is 1. The smallest absolute Gasteiger partial charge is 0.183 e. The lowest BCUT2D eigenvalue weighted by Gasteiger charge is -2.10. The molecule has 4 nitrogen and oxygen atoms in total. The highest BCUT2D eigenvalue weighted by Crippen LogP contribution is 2.26. The first-order valence-electron chi connectivity index (χ1n) is 6.05. The van der Waals surface area contributed by atoms with E-state index in [-0.39, 0.29) is 22.3 Å². The largest absolute Gasteiger partial charge is 0.490 e. The Bertz CT molecular complexity index is 748. The Kier molecular flexibility index (Phi) is 4.98. The van der Waals surface area contributed by atoms with Gasteiger partial charge in [-0.2, -0.15) is 0 Å². The third-order valence-electron chi connectivity index (χ3n) is 2.76. The number of anilines is 1. The predicted molar refractivity (Wildman–Crippen MR) is 84.9 cm³/mol. The number of halogens is 2. The molecule has 2 N–H and O–H groups in total. The van der Waals surface area contributed by atoms with E-state index in [1.807, 2.05) is 0 Å². The molecule has 112 valence electrons. The zero-order valence-corrected chi connectivity index (χ0v) is 13.3. The van der Waals surface area contributed by atoms with Crippen LogP contribution in [0.3, 0.4) is 0 Å². The van der Waals surface area contributed by atoms with Gasteiger partial charge in [0.05, 0.1) is 21.4 Å². The molecule has 2 aromatic carbocycles. The molecule has 0 bridgehead atoms. The molecule has 2 aromatic rings. The van der Waals surface area contributed by atoms with Crippen LogP contribution in [0.2, 0.25) is 10.0 Å². The Labute approximate surface area is 133 Å². The van der Waals surface area contributed by atoms with Crippen LogP contribution in [0.1, 0.15) is 0 Å². The van der Waals surface area contributed by atoms with Gasteiger partial charge in [-0.3, -0.25) is 0 Å². The third kappa shape index (κ3) is 4.03. The summed E-state index contributed by atoms with van der Waals surface area (Å²) in [7, 11) is -3.58. The molecule has 0 radical (unpaired) electrons. The van der Waals surface area contributed by atoms with Gasteiger partial charge >= 0.3 is 0 Å². The van der Waals surface area contributed by atoms with E-state index in [1.165, 1.54) is 18.2 Å². The molecule has 0 fully saturated rings. The molecule has 0 aliphatic heterocycles. The maximum atomic E-state index is 12.2. The van der Waals surface area contributed by atoms with Crippen molar-refractivity contribution < 1.29 is 13.2 Å². The standard InChI is InChI=1S/C14H13Cl2NO3S/c15-10-5-6-11(16)14(9-10)21(18,19)8-7-20-13-4-2-1-3-12(13)17/h1-6,9H,7-8,17H2. The van der Waals surface area contributed by atoms with Crippen LogP contribution < -0.4 is 10.5 Å². The van der Waals surface area contributed by atoms with Gasteiger partial charge in [-0.1, -0.05) is 35.3 Å². The van der Waals surface area contributed by atoms with Crippen molar-refractivity contribution in [1.82, 2.24) is 0 Å². The van der Waals surface area contributed by atoms with Crippen molar-refractivity contribution in [2.24, 2.45) is 0 Å². The van der Waals surface area contributed by atoms with E-state index in [0.29, 0.717) is 16.5 Å². The lowest BCUT2D eigenvalue weighted by Crippen LogP contribution is -2.15. The van der Waals surface area contributed by atoms with E-state index in [2.05, 4.69) is 0 Å². The van der Waals surface area contributed by atoms with Gasteiger partial charge in [0.1, 0.15) is 12.4 Å². The third-order valence-corrected chi connectivity index (χ3v) is 5.15. The molecule has 0 saturated heterocycles. The van der Waals surface area contributed by atoms with Gasteiger partial charge in [-0.05, 0) is 30.3 Å². The average molecular weight is 346 g/mol. The Morgan fingerprint density at radius 2 is 1.81 bits per heavy atom. The van der Waals surface area contributed by atoms with Crippen LogP contribution in [0.15, 0.2) is 47.4 Å². The number of ether oxygens (including phenoxy) is 1. The second-order valence-electron chi connectivity index (χ2n) is 4.28. The van der Waals surface area contributed by atoms with Crippen molar-refractivity contribution >= 4 is 38.7 Å². The van der Waals surface area contributed by atoms with Crippen molar-refractivity contribution in [3.63, 3.8) is 0 Å². The first-order chi connectivity index (χ1) is 9.90. The van der Waals surface area contributed by atoms with Crippen LogP contribution in [0, 0.1) is 0 Å². The summed E-state index contributed by atoms with van der Waals surface area (Å²) in [5, 5.41) is 0.449. The summed E-state index contributed by atoms with van der Waals surface area (Å²) in [6.45, 7) is -0.0284. The van der Waals surface area contributed by atoms with E-state index in [0.717, 1.165) is 0 Å². The van der Waals surface area contributed by atoms with Gasteiger partial charge in [0.2, 0.25) is 0 Å². The van der Waals surface area contributed by atoms with Crippen LogP contribution in [-0.4, -0.2) is 20.8 Å². The molecule has 7 heteroatoms. The fourth-order valence-electron chi connectivity index (χ4n) is 1.70. The second-order valence-corrected chi connectivity index (χ2v) is 7.20. The summed E-state index contributed by atoms with van der Waals surface area (Å²) >= 11 is 11.7. The average Bonchev–Trinajstić information content (AvgIpc) is 2.43. The van der Waals surface area contributed by atoms with Crippen molar-refractivity contribution in [3.05, 3.63) is 52.5 Å². The number of hydrogen-bond donors (Lipinski definition) is 1. The molecule has 0 atom stereocenters. The number of nitrogen functional groups attached to an aromatic ring is 1. The number of rotatable bonds is 5. The molecule has 0 heterocycles. The fraction of sp³-hybridized carbons (Fsp3) is 0.143. The lowest BCUT2D eigenvalue weighted by atomic mass is 10.3. The Balaban J connectivity index is 2.08. The van der Waals surface area contributed by atoms with Gasteiger partial charge in [-0.15, -0.1) is 0 Å². The maximum Gasteiger partial charge on any atom is 0.183 e. The zero-order chi connectivity index (χ0) is 15.5. The van der Waals surface area contributed by atoms with Crippen LogP contribution >= 0.6 is 23.2 Å². The van der Waals surface area contributed by atoms with Gasteiger partial charge in [-0.25, -0.2) is 8.42 Å². The van der Waals surface area contributed by atoms with E-state index in [4.69, 9.17) is 33.7 Å². The molecule has 0 saturated carbocycles.